The van der Waals surface area contributed by atoms with Crippen LogP contribution in [-0.4, -0.2) is 19.7 Å². The predicted octanol–water partition coefficient (Wildman–Crippen LogP) is 2.81. The Morgan fingerprint density at radius 1 is 0.964 bits per heavy atom. The van der Waals surface area contributed by atoms with Gasteiger partial charge in [0, 0.05) is 22.9 Å². The molecular weight excluding hydrogens is 352 g/mol. The van der Waals surface area contributed by atoms with Crippen LogP contribution in [0.1, 0.15) is 17.2 Å². The second-order valence-corrected chi connectivity index (χ2v) is 6.91. The van der Waals surface area contributed by atoms with E-state index >= 15 is 0 Å². The van der Waals surface area contributed by atoms with Gasteiger partial charge >= 0.3 is 0 Å². The highest BCUT2D eigenvalue weighted by Gasteiger charge is 2.29. The first kappa shape index (κ1) is 18.1. The maximum absolute atomic E-state index is 13.2. The average molecular weight is 375 g/mol. The van der Waals surface area contributed by atoms with Crippen molar-refractivity contribution in [1.29, 1.82) is 0 Å². The van der Waals surface area contributed by atoms with Gasteiger partial charge in [-0.15, -0.1) is 0 Å². The van der Waals surface area contributed by atoms with Gasteiger partial charge in [-0.1, -0.05) is 60.7 Å². The van der Waals surface area contributed by atoms with Gasteiger partial charge < -0.3 is 19.7 Å². The zero-order valence-electron chi connectivity index (χ0n) is 15.7. The zero-order valence-corrected chi connectivity index (χ0v) is 15.7. The Hall–Kier alpha value is -3.31. The molecule has 2 unspecified atom stereocenters. The Morgan fingerprint density at radius 3 is 2.39 bits per heavy atom. The molecule has 2 atom stereocenters. The normalized spacial score (nSPS) is 14.3. The highest BCUT2D eigenvalue weighted by atomic mass is 16.7. The van der Waals surface area contributed by atoms with Crippen molar-refractivity contribution in [3.63, 3.8) is 0 Å². The van der Waals surface area contributed by atoms with Gasteiger partial charge in [0.25, 0.3) is 5.91 Å². The van der Waals surface area contributed by atoms with Crippen molar-refractivity contribution in [2.75, 3.05) is 19.2 Å². The van der Waals surface area contributed by atoms with Gasteiger partial charge in [-0.2, -0.15) is 0 Å². The minimum atomic E-state index is -0.341. The molecule has 5 heteroatoms. The average Bonchev–Trinajstić information content (AvgIpc) is 3.17. The number of rotatable bonds is 6. The highest BCUT2D eigenvalue weighted by Crippen LogP contribution is 2.34. The monoisotopic (exact) mass is 375 g/mol. The quantitative estimate of drug-likeness (QED) is 0.697. The number of fused-ring (bicyclic) bond motifs is 1. The van der Waals surface area contributed by atoms with Crippen molar-refractivity contribution >= 4 is 11.6 Å². The Labute approximate surface area is 164 Å². The molecule has 0 aliphatic carbocycles. The first-order valence-corrected chi connectivity index (χ1v) is 9.32. The fraction of sp³-hybridized carbons (Fsp3) is 0.174. The van der Waals surface area contributed by atoms with E-state index in [1.807, 2.05) is 67.7 Å². The Balaban J connectivity index is 1.57. The van der Waals surface area contributed by atoms with E-state index in [-0.39, 0.29) is 18.7 Å². The van der Waals surface area contributed by atoms with E-state index in [9.17, 15) is 4.79 Å². The molecule has 0 radical (unpaired) electrons. The van der Waals surface area contributed by atoms with Crippen molar-refractivity contribution in [1.82, 2.24) is 0 Å². The van der Waals surface area contributed by atoms with Crippen molar-refractivity contribution in [2.45, 2.75) is 12.6 Å². The first-order chi connectivity index (χ1) is 13.7. The summed E-state index contributed by atoms with van der Waals surface area (Å²) in [7, 11) is 2.05. The van der Waals surface area contributed by atoms with Crippen LogP contribution in [0.5, 0.6) is 11.5 Å². The molecule has 0 aromatic heterocycles. The van der Waals surface area contributed by atoms with Gasteiger partial charge in [0.05, 0.1) is 7.05 Å². The summed E-state index contributed by atoms with van der Waals surface area (Å²) >= 11 is 0. The third-order valence-corrected chi connectivity index (χ3v) is 4.85. The lowest BCUT2D eigenvalue weighted by Crippen LogP contribution is -3.09. The largest absolute Gasteiger partial charge is 0.454 e. The van der Waals surface area contributed by atoms with E-state index in [4.69, 9.17) is 9.47 Å². The van der Waals surface area contributed by atoms with Crippen LogP contribution >= 0.6 is 0 Å². The number of anilines is 1. The summed E-state index contributed by atoms with van der Waals surface area (Å²) in [5, 5.41) is 3.04. The molecule has 1 amide bonds. The third-order valence-electron chi connectivity index (χ3n) is 4.85. The number of carbonyl (C=O) groups is 1. The summed E-state index contributed by atoms with van der Waals surface area (Å²) in [4.78, 5) is 14.3. The lowest BCUT2D eigenvalue weighted by atomic mass is 10.0. The van der Waals surface area contributed by atoms with Crippen LogP contribution in [0.25, 0.3) is 0 Å². The predicted molar refractivity (Wildman–Crippen MR) is 107 cm³/mol. The number of benzene rings is 3. The van der Waals surface area contributed by atoms with Crippen molar-refractivity contribution in [2.24, 2.45) is 0 Å². The van der Waals surface area contributed by atoms with Crippen LogP contribution < -0.4 is 19.7 Å². The van der Waals surface area contributed by atoms with Crippen LogP contribution in [-0.2, 0) is 11.3 Å². The lowest BCUT2D eigenvalue weighted by molar-refractivity contribution is -0.915. The summed E-state index contributed by atoms with van der Waals surface area (Å²) in [6, 6.07) is 25.2. The minimum absolute atomic E-state index is 0.0569. The van der Waals surface area contributed by atoms with Gasteiger partial charge in [0.2, 0.25) is 6.79 Å². The second kappa shape index (κ2) is 8.15. The standard InChI is InChI=1S/C23H22N2O3/c1-25(15-17-8-4-2-5-9-17)22(18-10-6-3-7-11-18)23(26)24-19-12-13-20-21(14-19)28-16-27-20/h2-14,22H,15-16H2,1H3,(H,24,26)/p+1. The number of hydrogen-bond donors (Lipinski definition) is 2. The maximum atomic E-state index is 13.2. The van der Waals surface area contributed by atoms with Crippen LogP contribution in [0.4, 0.5) is 5.69 Å². The molecule has 28 heavy (non-hydrogen) atoms. The molecule has 0 saturated carbocycles. The molecule has 0 bridgehead atoms. The van der Waals surface area contributed by atoms with Crippen molar-refractivity contribution < 1.29 is 19.2 Å². The minimum Gasteiger partial charge on any atom is -0.454 e. The molecule has 3 aromatic rings. The van der Waals surface area contributed by atoms with Crippen molar-refractivity contribution in [3.05, 3.63) is 90.0 Å². The van der Waals surface area contributed by atoms with Gasteiger partial charge in [0.1, 0.15) is 6.54 Å². The Kier molecular flexibility index (Phi) is 5.26. The molecule has 0 spiro atoms. The SMILES string of the molecule is C[NH+](Cc1ccccc1)C(C(=O)Nc1ccc2c(c1)OCO2)c1ccccc1. The van der Waals surface area contributed by atoms with E-state index in [1.54, 1.807) is 6.07 Å². The van der Waals surface area contributed by atoms with Crippen LogP contribution in [0, 0.1) is 0 Å². The van der Waals surface area contributed by atoms with E-state index in [1.165, 1.54) is 5.56 Å². The molecule has 1 aliphatic rings. The zero-order chi connectivity index (χ0) is 19.3. The number of hydrogen-bond acceptors (Lipinski definition) is 3. The summed E-state index contributed by atoms with van der Waals surface area (Å²) < 4.78 is 10.8. The van der Waals surface area contributed by atoms with E-state index < -0.39 is 0 Å². The van der Waals surface area contributed by atoms with E-state index in [0.717, 1.165) is 17.0 Å². The lowest BCUT2D eigenvalue weighted by Gasteiger charge is -2.25. The van der Waals surface area contributed by atoms with Gasteiger partial charge in [-0.3, -0.25) is 4.79 Å². The van der Waals surface area contributed by atoms with Crippen LogP contribution in [0.3, 0.4) is 0 Å². The fourth-order valence-corrected chi connectivity index (χ4v) is 3.51. The van der Waals surface area contributed by atoms with Gasteiger partial charge in [-0.05, 0) is 12.1 Å². The Bertz CT molecular complexity index is 945. The molecule has 4 rings (SSSR count). The summed E-state index contributed by atoms with van der Waals surface area (Å²) in [6.45, 7) is 0.957. The molecular formula is C23H23N2O3+. The smallest absolute Gasteiger partial charge is 0.287 e. The number of ether oxygens (including phenoxy) is 2. The summed E-state index contributed by atoms with van der Waals surface area (Å²) in [6.07, 6.45) is 0. The van der Waals surface area contributed by atoms with Crippen LogP contribution in [0.2, 0.25) is 0 Å². The molecule has 142 valence electrons. The highest BCUT2D eigenvalue weighted by molar-refractivity contribution is 5.94. The second-order valence-electron chi connectivity index (χ2n) is 6.91. The maximum Gasteiger partial charge on any atom is 0.287 e. The first-order valence-electron chi connectivity index (χ1n) is 9.32. The third kappa shape index (κ3) is 4.00. The molecule has 2 N–H and O–H groups in total. The number of nitrogens with one attached hydrogen (secondary N) is 2. The molecule has 0 saturated heterocycles. The number of amides is 1. The van der Waals surface area contributed by atoms with Gasteiger partial charge in [-0.25, -0.2) is 0 Å². The Morgan fingerprint density at radius 2 is 1.64 bits per heavy atom. The van der Waals surface area contributed by atoms with E-state index in [2.05, 4.69) is 17.4 Å². The fourth-order valence-electron chi connectivity index (χ4n) is 3.51. The van der Waals surface area contributed by atoms with Crippen LogP contribution in [0.15, 0.2) is 78.9 Å². The van der Waals surface area contributed by atoms with Crippen molar-refractivity contribution in [3.8, 4) is 11.5 Å². The topological polar surface area (TPSA) is 52.0 Å². The number of likely N-dealkylation sites (N-methyl/N-ethyl adjacent to an activating group) is 1. The summed E-state index contributed by atoms with van der Waals surface area (Å²) in [5.74, 6) is 1.29. The molecule has 5 nitrogen and oxygen atoms in total. The summed E-state index contributed by atoms with van der Waals surface area (Å²) in [5.41, 5.74) is 2.87. The van der Waals surface area contributed by atoms with Gasteiger partial charge in [0.15, 0.2) is 17.5 Å². The molecule has 0 fully saturated rings. The molecule has 1 aliphatic heterocycles. The van der Waals surface area contributed by atoms with E-state index in [0.29, 0.717) is 17.2 Å². The molecule has 3 aromatic carbocycles. The number of carbonyl (C=O) groups excluding carboxylic acids is 1. The number of quaternary nitrogens is 1. The molecule has 1 heterocycles.